The molecular formula is C15H25NO3S. The van der Waals surface area contributed by atoms with E-state index < -0.39 is 15.3 Å². The van der Waals surface area contributed by atoms with E-state index in [2.05, 4.69) is 0 Å². The third-order valence-corrected chi connectivity index (χ3v) is 5.75. The van der Waals surface area contributed by atoms with Crippen molar-refractivity contribution < 1.29 is 13.5 Å². The SMILES string of the molecule is CCS(=O)(=O)CCCC(CN)(CO)c1ccccc1C. The maximum absolute atomic E-state index is 11.6. The van der Waals surface area contributed by atoms with Crippen molar-refractivity contribution >= 4 is 9.84 Å². The minimum absolute atomic E-state index is 0.0689. The van der Waals surface area contributed by atoms with Crippen molar-refractivity contribution in [1.82, 2.24) is 0 Å². The van der Waals surface area contributed by atoms with Crippen molar-refractivity contribution in [2.45, 2.75) is 32.1 Å². The highest BCUT2D eigenvalue weighted by molar-refractivity contribution is 7.91. The summed E-state index contributed by atoms with van der Waals surface area (Å²) >= 11 is 0. The number of sulfone groups is 1. The largest absolute Gasteiger partial charge is 0.395 e. The first-order valence-electron chi connectivity index (χ1n) is 6.98. The number of aliphatic hydroxyl groups excluding tert-OH is 1. The number of nitrogens with two attached hydrogens (primary N) is 1. The van der Waals surface area contributed by atoms with Crippen LogP contribution in [-0.4, -0.2) is 38.2 Å². The molecule has 1 atom stereocenters. The zero-order valence-electron chi connectivity index (χ0n) is 12.3. The summed E-state index contributed by atoms with van der Waals surface area (Å²) in [6.07, 6.45) is 1.09. The maximum atomic E-state index is 11.6. The monoisotopic (exact) mass is 299 g/mol. The van der Waals surface area contributed by atoms with E-state index in [9.17, 15) is 13.5 Å². The van der Waals surface area contributed by atoms with E-state index in [0.717, 1.165) is 11.1 Å². The number of hydrogen-bond acceptors (Lipinski definition) is 4. The van der Waals surface area contributed by atoms with Gasteiger partial charge in [0.2, 0.25) is 0 Å². The zero-order chi connectivity index (χ0) is 15.2. The molecule has 0 saturated heterocycles. The molecule has 0 aliphatic carbocycles. The van der Waals surface area contributed by atoms with Crippen LogP contribution < -0.4 is 5.73 Å². The Hall–Kier alpha value is -0.910. The standard InChI is InChI=1S/C15H25NO3S/c1-3-20(18,19)10-6-9-15(11-16,12-17)14-8-5-4-7-13(14)2/h4-5,7-8,17H,3,6,9-12,16H2,1-2H3. The summed E-state index contributed by atoms with van der Waals surface area (Å²) in [5.41, 5.74) is 7.43. The summed E-state index contributed by atoms with van der Waals surface area (Å²) in [5, 5.41) is 9.81. The summed E-state index contributed by atoms with van der Waals surface area (Å²) < 4.78 is 23.1. The topological polar surface area (TPSA) is 80.4 Å². The van der Waals surface area contributed by atoms with Crippen LogP contribution in [0.25, 0.3) is 0 Å². The summed E-state index contributed by atoms with van der Waals surface area (Å²) in [6.45, 7) is 3.87. The molecule has 0 radical (unpaired) electrons. The molecule has 1 rings (SSSR count). The van der Waals surface area contributed by atoms with E-state index >= 15 is 0 Å². The molecule has 0 saturated carbocycles. The minimum Gasteiger partial charge on any atom is -0.395 e. The molecule has 0 aromatic heterocycles. The number of benzene rings is 1. The van der Waals surface area contributed by atoms with Crippen LogP contribution in [0, 0.1) is 6.92 Å². The first-order valence-corrected chi connectivity index (χ1v) is 8.80. The summed E-state index contributed by atoms with van der Waals surface area (Å²) in [7, 11) is -2.97. The summed E-state index contributed by atoms with van der Waals surface area (Å²) in [4.78, 5) is 0. The number of aliphatic hydroxyl groups is 1. The maximum Gasteiger partial charge on any atom is 0.150 e. The van der Waals surface area contributed by atoms with Crippen LogP contribution >= 0.6 is 0 Å². The second kappa shape index (κ2) is 7.20. The molecule has 0 aliphatic heterocycles. The van der Waals surface area contributed by atoms with Crippen molar-refractivity contribution in [2.75, 3.05) is 24.7 Å². The van der Waals surface area contributed by atoms with Gasteiger partial charge in [-0.05, 0) is 30.9 Å². The summed E-state index contributed by atoms with van der Waals surface area (Å²) in [5.74, 6) is 0.309. The lowest BCUT2D eigenvalue weighted by Gasteiger charge is -2.32. The Morgan fingerprint density at radius 2 is 1.95 bits per heavy atom. The average molecular weight is 299 g/mol. The van der Waals surface area contributed by atoms with Gasteiger partial charge in [-0.2, -0.15) is 0 Å². The Kier molecular flexibility index (Phi) is 6.17. The second-order valence-electron chi connectivity index (χ2n) is 5.30. The highest BCUT2D eigenvalue weighted by atomic mass is 32.2. The van der Waals surface area contributed by atoms with E-state index in [1.165, 1.54) is 0 Å². The third kappa shape index (κ3) is 4.04. The van der Waals surface area contributed by atoms with Crippen LogP contribution in [0.3, 0.4) is 0 Å². The Morgan fingerprint density at radius 3 is 2.45 bits per heavy atom. The van der Waals surface area contributed by atoms with Crippen molar-refractivity contribution in [2.24, 2.45) is 5.73 Å². The van der Waals surface area contributed by atoms with Crippen LogP contribution in [0.4, 0.5) is 0 Å². The van der Waals surface area contributed by atoms with E-state index in [4.69, 9.17) is 5.73 Å². The van der Waals surface area contributed by atoms with Gasteiger partial charge in [0.1, 0.15) is 9.84 Å². The molecular weight excluding hydrogens is 274 g/mol. The third-order valence-electron chi connectivity index (χ3n) is 3.96. The fourth-order valence-electron chi connectivity index (χ4n) is 2.52. The van der Waals surface area contributed by atoms with Gasteiger partial charge >= 0.3 is 0 Å². The number of rotatable bonds is 8. The van der Waals surface area contributed by atoms with E-state index in [1.54, 1.807) is 6.92 Å². The predicted molar refractivity (Wildman–Crippen MR) is 82.6 cm³/mol. The molecule has 0 bridgehead atoms. The lowest BCUT2D eigenvalue weighted by Crippen LogP contribution is -2.40. The lowest BCUT2D eigenvalue weighted by atomic mass is 9.75. The second-order valence-corrected chi connectivity index (χ2v) is 7.77. The molecule has 0 spiro atoms. The Morgan fingerprint density at radius 1 is 1.30 bits per heavy atom. The quantitative estimate of drug-likeness (QED) is 0.760. The highest BCUT2D eigenvalue weighted by Crippen LogP contribution is 2.30. The van der Waals surface area contributed by atoms with Gasteiger partial charge < -0.3 is 10.8 Å². The van der Waals surface area contributed by atoms with E-state index in [0.29, 0.717) is 19.4 Å². The smallest absolute Gasteiger partial charge is 0.150 e. The predicted octanol–water partition coefficient (Wildman–Crippen LogP) is 1.40. The van der Waals surface area contributed by atoms with Gasteiger partial charge in [-0.25, -0.2) is 8.42 Å². The van der Waals surface area contributed by atoms with Crippen molar-refractivity contribution in [1.29, 1.82) is 0 Å². The van der Waals surface area contributed by atoms with Gasteiger partial charge in [0.05, 0.1) is 12.4 Å². The average Bonchev–Trinajstić information content (AvgIpc) is 2.45. The van der Waals surface area contributed by atoms with E-state index in [1.807, 2.05) is 31.2 Å². The van der Waals surface area contributed by atoms with Crippen LogP contribution in [0.5, 0.6) is 0 Å². The summed E-state index contributed by atoms with van der Waals surface area (Å²) in [6, 6.07) is 7.81. The van der Waals surface area contributed by atoms with Crippen LogP contribution in [-0.2, 0) is 15.3 Å². The van der Waals surface area contributed by atoms with Crippen LogP contribution in [0.1, 0.15) is 30.9 Å². The molecule has 3 N–H and O–H groups in total. The zero-order valence-corrected chi connectivity index (χ0v) is 13.1. The molecule has 0 heterocycles. The molecule has 1 aromatic carbocycles. The first-order chi connectivity index (χ1) is 9.40. The Balaban J connectivity index is 2.91. The van der Waals surface area contributed by atoms with Gasteiger partial charge in [0.15, 0.2) is 0 Å². The first kappa shape index (κ1) is 17.1. The Labute approximate surface area is 121 Å². The molecule has 0 fully saturated rings. The number of aryl methyl sites for hydroxylation is 1. The van der Waals surface area contributed by atoms with Crippen LogP contribution in [0.15, 0.2) is 24.3 Å². The van der Waals surface area contributed by atoms with Crippen LogP contribution in [0.2, 0.25) is 0 Å². The molecule has 114 valence electrons. The molecule has 4 nitrogen and oxygen atoms in total. The molecule has 20 heavy (non-hydrogen) atoms. The Bertz CT molecular complexity index is 522. The van der Waals surface area contributed by atoms with Crippen molar-refractivity contribution in [3.63, 3.8) is 0 Å². The minimum atomic E-state index is -2.97. The van der Waals surface area contributed by atoms with Gasteiger partial charge in [-0.3, -0.25) is 0 Å². The molecule has 1 aromatic rings. The number of hydrogen-bond donors (Lipinski definition) is 2. The molecule has 0 amide bonds. The molecule has 1 unspecified atom stereocenters. The van der Waals surface area contributed by atoms with Crippen molar-refractivity contribution in [3.05, 3.63) is 35.4 Å². The molecule has 5 heteroatoms. The fraction of sp³-hybridized carbons (Fsp3) is 0.600. The van der Waals surface area contributed by atoms with Gasteiger partial charge in [0.25, 0.3) is 0 Å². The van der Waals surface area contributed by atoms with E-state index in [-0.39, 0.29) is 18.1 Å². The molecule has 0 aliphatic rings. The van der Waals surface area contributed by atoms with Gasteiger partial charge in [0, 0.05) is 17.7 Å². The van der Waals surface area contributed by atoms with Crippen molar-refractivity contribution in [3.8, 4) is 0 Å². The normalized spacial score (nSPS) is 15.0. The fourth-order valence-corrected chi connectivity index (χ4v) is 3.39. The highest BCUT2D eigenvalue weighted by Gasteiger charge is 2.31. The van der Waals surface area contributed by atoms with Gasteiger partial charge in [-0.1, -0.05) is 31.2 Å². The van der Waals surface area contributed by atoms with Gasteiger partial charge in [-0.15, -0.1) is 0 Å². The lowest BCUT2D eigenvalue weighted by molar-refractivity contribution is 0.187.